The maximum Gasteiger partial charge on any atom is 0.306 e. The van der Waals surface area contributed by atoms with Crippen molar-refractivity contribution in [1.29, 1.82) is 0 Å². The molecule has 68 heavy (non-hydrogen) atoms. The summed E-state index contributed by atoms with van der Waals surface area (Å²) in [5.41, 5.74) is 0. The van der Waals surface area contributed by atoms with Gasteiger partial charge in [0, 0.05) is 19.3 Å². The molecule has 0 amide bonds. The highest BCUT2D eigenvalue weighted by Crippen LogP contribution is 2.17. The van der Waals surface area contributed by atoms with E-state index in [1.54, 1.807) is 0 Å². The standard InChI is InChI=1S/C62H112O6/c1-4-7-10-13-16-19-22-25-28-30-32-34-37-40-43-46-49-52-55-61(64)67-58-59(57-66-60(63)54-51-48-45-42-39-36-27-24-21-18-15-12-9-6-3)68-62(65)56-53-50-47-44-41-38-35-33-31-29-26-23-20-17-14-11-8-5-2/h9,12,18,21,27,32,34,36,59H,4-8,10-11,13-17,19-20,22-26,28-31,33,35,37-58H2,1-3H3/b12-9-,21-18-,34-32-,36-27-. The SMILES string of the molecule is CC/C=C\C/C=C\C/C=C\CCCCCCC(=O)OCC(COC(=O)CCCCCCC/C=C\CCCCCCCCCCC)OC(=O)CCCCCCCCCCCCCCCCCCCC. The van der Waals surface area contributed by atoms with Gasteiger partial charge < -0.3 is 14.2 Å². The van der Waals surface area contributed by atoms with Gasteiger partial charge in [-0.05, 0) is 77.0 Å². The number of carbonyl (C=O) groups excluding carboxylic acids is 3. The molecule has 0 saturated carbocycles. The number of hydrogen-bond donors (Lipinski definition) is 0. The number of esters is 3. The summed E-state index contributed by atoms with van der Waals surface area (Å²) in [7, 11) is 0. The number of hydrogen-bond acceptors (Lipinski definition) is 6. The fourth-order valence-corrected chi connectivity index (χ4v) is 8.63. The topological polar surface area (TPSA) is 78.9 Å². The minimum absolute atomic E-state index is 0.0818. The third kappa shape index (κ3) is 54.3. The molecule has 6 nitrogen and oxygen atoms in total. The van der Waals surface area contributed by atoms with Gasteiger partial charge >= 0.3 is 17.9 Å². The number of carbonyl (C=O) groups is 3. The molecule has 0 spiro atoms. The molecule has 0 aromatic carbocycles. The van der Waals surface area contributed by atoms with Crippen LogP contribution in [0.25, 0.3) is 0 Å². The van der Waals surface area contributed by atoms with E-state index in [9.17, 15) is 14.4 Å². The van der Waals surface area contributed by atoms with Gasteiger partial charge in [-0.25, -0.2) is 0 Å². The van der Waals surface area contributed by atoms with Crippen LogP contribution in [0.15, 0.2) is 48.6 Å². The summed E-state index contributed by atoms with van der Waals surface area (Å²) in [6.07, 6.45) is 69.6. The summed E-state index contributed by atoms with van der Waals surface area (Å²) >= 11 is 0. The maximum absolute atomic E-state index is 12.9. The first kappa shape index (κ1) is 65.4. The van der Waals surface area contributed by atoms with E-state index in [4.69, 9.17) is 14.2 Å². The summed E-state index contributed by atoms with van der Waals surface area (Å²) in [6.45, 7) is 6.54. The highest BCUT2D eigenvalue weighted by atomic mass is 16.6. The van der Waals surface area contributed by atoms with E-state index in [0.29, 0.717) is 19.3 Å². The quantitative estimate of drug-likeness (QED) is 0.0262. The second-order valence-electron chi connectivity index (χ2n) is 19.9. The lowest BCUT2D eigenvalue weighted by molar-refractivity contribution is -0.167. The molecule has 0 fully saturated rings. The Kier molecular flexibility index (Phi) is 54.8. The average molecular weight is 954 g/mol. The second-order valence-corrected chi connectivity index (χ2v) is 19.9. The molecule has 1 unspecified atom stereocenters. The van der Waals surface area contributed by atoms with Crippen LogP contribution >= 0.6 is 0 Å². The molecular formula is C62H112O6. The van der Waals surface area contributed by atoms with Crippen molar-refractivity contribution in [2.75, 3.05) is 13.2 Å². The summed E-state index contributed by atoms with van der Waals surface area (Å²) in [5.74, 6) is -0.895. The van der Waals surface area contributed by atoms with Gasteiger partial charge in [-0.2, -0.15) is 0 Å². The number of ether oxygens (including phenoxy) is 3. The molecule has 0 aliphatic carbocycles. The second kappa shape index (κ2) is 57.0. The normalized spacial score (nSPS) is 12.3. The van der Waals surface area contributed by atoms with E-state index >= 15 is 0 Å². The minimum Gasteiger partial charge on any atom is -0.462 e. The van der Waals surface area contributed by atoms with Crippen LogP contribution in [0, 0.1) is 0 Å². The van der Waals surface area contributed by atoms with Gasteiger partial charge in [0.05, 0.1) is 0 Å². The molecule has 0 heterocycles. The van der Waals surface area contributed by atoms with Gasteiger partial charge in [-0.15, -0.1) is 0 Å². The van der Waals surface area contributed by atoms with Crippen LogP contribution < -0.4 is 0 Å². The van der Waals surface area contributed by atoms with Crippen molar-refractivity contribution in [1.82, 2.24) is 0 Å². The Hall–Kier alpha value is -2.63. The van der Waals surface area contributed by atoms with Crippen LogP contribution in [0.1, 0.15) is 310 Å². The summed E-state index contributed by atoms with van der Waals surface area (Å²) in [5, 5.41) is 0. The molecule has 0 aliphatic heterocycles. The molecule has 0 N–H and O–H groups in total. The van der Waals surface area contributed by atoms with E-state index < -0.39 is 6.10 Å². The van der Waals surface area contributed by atoms with Crippen LogP contribution in [0.3, 0.4) is 0 Å². The van der Waals surface area contributed by atoms with Gasteiger partial charge in [0.15, 0.2) is 6.10 Å². The zero-order chi connectivity index (χ0) is 49.3. The van der Waals surface area contributed by atoms with Crippen molar-refractivity contribution >= 4 is 17.9 Å². The fourth-order valence-electron chi connectivity index (χ4n) is 8.63. The Morgan fingerprint density at radius 1 is 0.309 bits per heavy atom. The third-order valence-electron chi connectivity index (χ3n) is 13.1. The monoisotopic (exact) mass is 953 g/mol. The zero-order valence-electron chi connectivity index (χ0n) is 45.4. The number of rotatable bonds is 54. The fraction of sp³-hybridized carbons (Fsp3) is 0.823. The molecule has 6 heteroatoms. The highest BCUT2D eigenvalue weighted by Gasteiger charge is 2.19. The Morgan fingerprint density at radius 2 is 0.574 bits per heavy atom. The average Bonchev–Trinajstić information content (AvgIpc) is 3.34. The molecule has 0 aliphatic rings. The van der Waals surface area contributed by atoms with Gasteiger partial charge in [-0.3, -0.25) is 14.4 Å². The van der Waals surface area contributed by atoms with E-state index in [0.717, 1.165) is 96.3 Å². The Morgan fingerprint density at radius 3 is 0.912 bits per heavy atom. The van der Waals surface area contributed by atoms with Gasteiger partial charge in [-0.1, -0.05) is 262 Å². The van der Waals surface area contributed by atoms with E-state index in [-0.39, 0.29) is 31.1 Å². The Balaban J connectivity index is 4.36. The summed E-state index contributed by atoms with van der Waals surface area (Å²) in [6, 6.07) is 0. The lowest BCUT2D eigenvalue weighted by Gasteiger charge is -2.18. The summed E-state index contributed by atoms with van der Waals surface area (Å²) in [4.78, 5) is 38.2. The van der Waals surface area contributed by atoms with Crippen LogP contribution in [0.2, 0.25) is 0 Å². The van der Waals surface area contributed by atoms with Crippen molar-refractivity contribution in [2.45, 2.75) is 316 Å². The van der Waals surface area contributed by atoms with E-state index in [2.05, 4.69) is 69.4 Å². The molecule has 0 aromatic rings. The Bertz CT molecular complexity index is 1190. The first-order chi connectivity index (χ1) is 33.5. The number of unbranched alkanes of at least 4 members (excludes halogenated alkanes) is 35. The maximum atomic E-state index is 12.9. The molecule has 1 atom stereocenters. The molecular weight excluding hydrogens is 841 g/mol. The first-order valence-electron chi connectivity index (χ1n) is 29.6. The molecule has 0 aromatic heterocycles. The third-order valence-corrected chi connectivity index (χ3v) is 13.1. The van der Waals surface area contributed by atoms with Gasteiger partial charge in [0.1, 0.15) is 13.2 Å². The highest BCUT2D eigenvalue weighted by molar-refractivity contribution is 5.71. The zero-order valence-corrected chi connectivity index (χ0v) is 45.4. The van der Waals surface area contributed by atoms with Crippen LogP contribution in [-0.4, -0.2) is 37.2 Å². The molecule has 396 valence electrons. The van der Waals surface area contributed by atoms with Crippen molar-refractivity contribution < 1.29 is 28.6 Å². The molecule has 0 rings (SSSR count). The number of allylic oxidation sites excluding steroid dienone is 8. The minimum atomic E-state index is -0.784. The predicted molar refractivity (Wildman–Crippen MR) is 293 cm³/mol. The van der Waals surface area contributed by atoms with Gasteiger partial charge in [0.25, 0.3) is 0 Å². The van der Waals surface area contributed by atoms with Crippen molar-refractivity contribution in [2.24, 2.45) is 0 Å². The van der Waals surface area contributed by atoms with E-state index in [1.807, 2.05) is 0 Å². The smallest absolute Gasteiger partial charge is 0.306 e. The first-order valence-corrected chi connectivity index (χ1v) is 29.6. The van der Waals surface area contributed by atoms with Crippen molar-refractivity contribution in [3.05, 3.63) is 48.6 Å². The van der Waals surface area contributed by atoms with Crippen LogP contribution in [0.4, 0.5) is 0 Å². The summed E-state index contributed by atoms with van der Waals surface area (Å²) < 4.78 is 16.9. The lowest BCUT2D eigenvalue weighted by atomic mass is 10.0. The largest absolute Gasteiger partial charge is 0.462 e. The van der Waals surface area contributed by atoms with Crippen LogP contribution in [0.5, 0.6) is 0 Å². The molecule has 0 saturated heterocycles. The molecule has 0 radical (unpaired) electrons. The van der Waals surface area contributed by atoms with Gasteiger partial charge in [0.2, 0.25) is 0 Å². The Labute approximate surface area is 422 Å². The molecule has 0 bridgehead atoms. The van der Waals surface area contributed by atoms with Crippen LogP contribution in [-0.2, 0) is 28.6 Å². The van der Waals surface area contributed by atoms with Crippen molar-refractivity contribution in [3.63, 3.8) is 0 Å². The van der Waals surface area contributed by atoms with E-state index in [1.165, 1.54) is 173 Å². The lowest BCUT2D eigenvalue weighted by Crippen LogP contribution is -2.30. The van der Waals surface area contributed by atoms with Crippen molar-refractivity contribution in [3.8, 4) is 0 Å². The predicted octanol–water partition coefficient (Wildman–Crippen LogP) is 19.8.